The monoisotopic (exact) mass is 434 g/mol. The first-order chi connectivity index (χ1) is 14.6. The molecule has 5 aromatic rings. The van der Waals surface area contributed by atoms with E-state index in [-0.39, 0.29) is 12.3 Å². The van der Waals surface area contributed by atoms with Crippen LogP contribution in [0.4, 0.5) is 5.69 Å². The molecule has 0 atom stereocenters. The Kier molecular flexibility index (Phi) is 4.77. The topological polar surface area (TPSA) is 59.8 Å². The third kappa shape index (κ3) is 3.36. The molecular weight excluding hydrogens is 419 g/mol. The number of anilines is 1. The van der Waals surface area contributed by atoms with Crippen LogP contribution in [0.1, 0.15) is 6.42 Å². The summed E-state index contributed by atoms with van der Waals surface area (Å²) >= 11 is 12.2. The Hall–Kier alpha value is -3.15. The first kappa shape index (κ1) is 18.9. The average molecular weight is 435 g/mol. The molecular formula is C23H16Cl2N4O. The van der Waals surface area contributed by atoms with Crippen molar-refractivity contribution < 1.29 is 4.79 Å². The maximum Gasteiger partial charge on any atom is 0.226 e. The van der Waals surface area contributed by atoms with E-state index >= 15 is 0 Å². The maximum atomic E-state index is 12.6. The van der Waals surface area contributed by atoms with Crippen molar-refractivity contribution in [3.05, 3.63) is 76.8 Å². The van der Waals surface area contributed by atoms with E-state index in [1.54, 1.807) is 18.2 Å². The van der Waals surface area contributed by atoms with Crippen molar-refractivity contribution in [3.8, 4) is 0 Å². The van der Waals surface area contributed by atoms with Crippen molar-refractivity contribution in [3.63, 3.8) is 0 Å². The second kappa shape index (κ2) is 7.59. The Bertz CT molecular complexity index is 1430. The number of amides is 1. The fraction of sp³-hybridized carbons (Fsp3) is 0.0870. The minimum absolute atomic E-state index is 0.154. The molecule has 0 radical (unpaired) electrons. The van der Waals surface area contributed by atoms with Crippen molar-refractivity contribution in [1.82, 2.24) is 14.5 Å². The summed E-state index contributed by atoms with van der Waals surface area (Å²) in [5, 5.41) is 4.81. The predicted octanol–water partition coefficient (Wildman–Crippen LogP) is 6.07. The first-order valence-electron chi connectivity index (χ1n) is 9.49. The van der Waals surface area contributed by atoms with Crippen LogP contribution in [-0.4, -0.2) is 20.4 Å². The number of rotatable bonds is 4. The van der Waals surface area contributed by atoms with Crippen molar-refractivity contribution in [1.29, 1.82) is 0 Å². The van der Waals surface area contributed by atoms with Crippen LogP contribution in [0.3, 0.4) is 0 Å². The number of aryl methyl sites for hydroxylation is 1. The van der Waals surface area contributed by atoms with Crippen molar-refractivity contribution in [2.24, 2.45) is 0 Å². The molecule has 0 saturated carbocycles. The van der Waals surface area contributed by atoms with E-state index in [0.717, 1.165) is 33.1 Å². The van der Waals surface area contributed by atoms with Crippen LogP contribution in [0.5, 0.6) is 0 Å². The number of hydrogen-bond donors (Lipinski definition) is 1. The zero-order chi connectivity index (χ0) is 20.7. The Morgan fingerprint density at radius 1 is 0.933 bits per heavy atom. The molecule has 5 nitrogen and oxygen atoms in total. The number of aromatic nitrogens is 3. The van der Waals surface area contributed by atoms with E-state index in [1.165, 1.54) is 0 Å². The number of nitrogens with zero attached hydrogens (tertiary/aromatic N) is 3. The summed E-state index contributed by atoms with van der Waals surface area (Å²) in [6.45, 7) is 0.459. The average Bonchev–Trinajstić information content (AvgIpc) is 3.06. The normalized spacial score (nSPS) is 11.4. The van der Waals surface area contributed by atoms with Gasteiger partial charge < -0.3 is 9.88 Å². The van der Waals surface area contributed by atoms with Crippen molar-refractivity contribution >= 4 is 67.9 Å². The van der Waals surface area contributed by atoms with Crippen LogP contribution >= 0.6 is 23.2 Å². The second-order valence-electron chi connectivity index (χ2n) is 6.98. The smallest absolute Gasteiger partial charge is 0.226 e. The van der Waals surface area contributed by atoms with Gasteiger partial charge >= 0.3 is 0 Å². The minimum Gasteiger partial charge on any atom is -0.325 e. The SMILES string of the molecule is O=C(CCn1c2ccccc2c2nc3ccccc3nc21)Nc1cc(Cl)ccc1Cl. The lowest BCUT2D eigenvalue weighted by atomic mass is 10.2. The lowest BCUT2D eigenvalue weighted by Crippen LogP contribution is -2.15. The quantitative estimate of drug-likeness (QED) is 0.373. The second-order valence-corrected chi connectivity index (χ2v) is 7.82. The number of halogens is 2. The van der Waals surface area contributed by atoms with Crippen LogP contribution in [0.25, 0.3) is 33.1 Å². The van der Waals surface area contributed by atoms with E-state index in [2.05, 4.69) is 5.32 Å². The number of para-hydroxylation sites is 3. The highest BCUT2D eigenvalue weighted by molar-refractivity contribution is 6.35. The first-order valence-corrected chi connectivity index (χ1v) is 10.2. The standard InChI is InChI=1S/C23H16Cl2N4O/c24-14-9-10-16(25)19(13-14)26-21(30)11-12-29-20-8-4-1-5-15(20)22-23(29)28-18-7-3-2-6-17(18)27-22/h1-10,13H,11-12H2,(H,26,30). The molecule has 30 heavy (non-hydrogen) atoms. The van der Waals surface area contributed by atoms with E-state index in [0.29, 0.717) is 22.3 Å². The molecule has 0 aliphatic rings. The molecule has 3 aromatic carbocycles. The highest BCUT2D eigenvalue weighted by atomic mass is 35.5. The molecule has 0 aliphatic heterocycles. The van der Waals surface area contributed by atoms with Gasteiger partial charge in [0.25, 0.3) is 0 Å². The molecule has 0 aliphatic carbocycles. The Morgan fingerprint density at radius 3 is 2.50 bits per heavy atom. The molecule has 2 heterocycles. The van der Waals surface area contributed by atoms with Gasteiger partial charge in [0, 0.05) is 23.4 Å². The minimum atomic E-state index is -0.154. The Labute approximate surface area is 182 Å². The third-order valence-corrected chi connectivity index (χ3v) is 5.59. The lowest BCUT2D eigenvalue weighted by Gasteiger charge is -2.09. The van der Waals surface area contributed by atoms with E-state index in [9.17, 15) is 4.79 Å². The van der Waals surface area contributed by atoms with Crippen LogP contribution in [-0.2, 0) is 11.3 Å². The zero-order valence-electron chi connectivity index (χ0n) is 15.8. The number of fused-ring (bicyclic) bond motifs is 4. The number of benzene rings is 3. The summed E-state index contributed by atoms with van der Waals surface area (Å²) in [6.07, 6.45) is 0.255. The molecule has 7 heteroatoms. The summed E-state index contributed by atoms with van der Waals surface area (Å²) < 4.78 is 2.04. The summed E-state index contributed by atoms with van der Waals surface area (Å²) in [5.41, 5.74) is 4.77. The van der Waals surface area contributed by atoms with Gasteiger partial charge in [0.15, 0.2) is 5.65 Å². The number of carbonyl (C=O) groups is 1. The summed E-state index contributed by atoms with van der Waals surface area (Å²) in [7, 11) is 0. The summed E-state index contributed by atoms with van der Waals surface area (Å²) in [5.74, 6) is -0.154. The third-order valence-electron chi connectivity index (χ3n) is 5.02. The molecule has 5 rings (SSSR count). The molecule has 0 fully saturated rings. The Morgan fingerprint density at radius 2 is 1.67 bits per heavy atom. The summed E-state index contributed by atoms with van der Waals surface area (Å²) in [6, 6.07) is 20.8. The number of hydrogen-bond acceptors (Lipinski definition) is 3. The lowest BCUT2D eigenvalue weighted by molar-refractivity contribution is -0.116. The van der Waals surface area contributed by atoms with Gasteiger partial charge in [-0.25, -0.2) is 9.97 Å². The van der Waals surface area contributed by atoms with E-state index in [1.807, 2.05) is 53.1 Å². The van der Waals surface area contributed by atoms with Crippen LogP contribution in [0.15, 0.2) is 66.7 Å². The van der Waals surface area contributed by atoms with Gasteiger partial charge in [0.1, 0.15) is 5.52 Å². The van der Waals surface area contributed by atoms with Crippen LogP contribution in [0, 0.1) is 0 Å². The molecule has 0 spiro atoms. The fourth-order valence-corrected chi connectivity index (χ4v) is 3.97. The number of carbonyl (C=O) groups excluding carboxylic acids is 1. The predicted molar refractivity (Wildman–Crippen MR) is 122 cm³/mol. The van der Waals surface area contributed by atoms with Crippen molar-refractivity contribution in [2.45, 2.75) is 13.0 Å². The van der Waals surface area contributed by atoms with Gasteiger partial charge in [-0.2, -0.15) is 0 Å². The molecule has 0 bridgehead atoms. The van der Waals surface area contributed by atoms with Gasteiger partial charge in [-0.05, 0) is 36.4 Å². The van der Waals surface area contributed by atoms with Gasteiger partial charge in [0.2, 0.25) is 5.91 Å². The molecule has 2 aromatic heterocycles. The fourth-order valence-electron chi connectivity index (χ4n) is 3.63. The molecule has 0 unspecified atom stereocenters. The molecule has 148 valence electrons. The van der Waals surface area contributed by atoms with Crippen molar-refractivity contribution in [2.75, 3.05) is 5.32 Å². The van der Waals surface area contributed by atoms with E-state index < -0.39 is 0 Å². The Balaban J connectivity index is 1.51. The maximum absolute atomic E-state index is 12.6. The van der Waals surface area contributed by atoms with Gasteiger partial charge in [-0.1, -0.05) is 53.5 Å². The molecule has 0 saturated heterocycles. The van der Waals surface area contributed by atoms with Crippen LogP contribution < -0.4 is 5.32 Å². The number of nitrogens with one attached hydrogen (secondary N) is 1. The highest BCUT2D eigenvalue weighted by Gasteiger charge is 2.15. The van der Waals surface area contributed by atoms with Gasteiger partial charge in [0.05, 0.1) is 27.3 Å². The summed E-state index contributed by atoms with van der Waals surface area (Å²) in [4.78, 5) is 22.3. The van der Waals surface area contributed by atoms with Gasteiger partial charge in [-0.3, -0.25) is 4.79 Å². The highest BCUT2D eigenvalue weighted by Crippen LogP contribution is 2.29. The van der Waals surface area contributed by atoms with Gasteiger partial charge in [-0.15, -0.1) is 0 Å². The molecule has 1 N–H and O–H groups in total. The van der Waals surface area contributed by atoms with E-state index in [4.69, 9.17) is 33.2 Å². The van der Waals surface area contributed by atoms with Crippen LogP contribution in [0.2, 0.25) is 10.0 Å². The molecule has 1 amide bonds. The largest absolute Gasteiger partial charge is 0.325 e. The zero-order valence-corrected chi connectivity index (χ0v) is 17.3.